The quantitative estimate of drug-likeness (QED) is 0.829. The molecule has 114 valence electrons. The number of fused-ring (bicyclic) bond motifs is 3. The zero-order valence-corrected chi connectivity index (χ0v) is 12.8. The highest BCUT2D eigenvalue weighted by Crippen LogP contribution is 2.45. The number of anilines is 1. The van der Waals surface area contributed by atoms with Crippen molar-refractivity contribution in [1.82, 2.24) is 5.32 Å². The van der Waals surface area contributed by atoms with Crippen LogP contribution in [0.3, 0.4) is 0 Å². The first-order chi connectivity index (χ1) is 10.7. The second-order valence-corrected chi connectivity index (χ2v) is 6.42. The fourth-order valence-electron chi connectivity index (χ4n) is 3.92. The van der Waals surface area contributed by atoms with Gasteiger partial charge in [-0.05, 0) is 73.3 Å². The molecule has 2 N–H and O–H groups in total. The topological polar surface area (TPSA) is 24.1 Å². The van der Waals surface area contributed by atoms with Gasteiger partial charge >= 0.3 is 0 Å². The van der Waals surface area contributed by atoms with Crippen molar-refractivity contribution in [2.24, 2.45) is 0 Å². The average molecular weight is 296 g/mol. The Balaban J connectivity index is 1.82. The van der Waals surface area contributed by atoms with E-state index in [1.165, 1.54) is 16.8 Å². The normalized spacial score (nSPS) is 23.4. The lowest BCUT2D eigenvalue weighted by molar-refractivity contribution is 0.579. The highest BCUT2D eigenvalue weighted by Gasteiger charge is 2.34. The maximum absolute atomic E-state index is 13.6. The van der Waals surface area contributed by atoms with Crippen LogP contribution in [0, 0.1) is 12.7 Å². The summed E-state index contributed by atoms with van der Waals surface area (Å²) in [5.41, 5.74) is 5.76. The summed E-state index contributed by atoms with van der Waals surface area (Å²) in [5, 5.41) is 7.19. The summed E-state index contributed by atoms with van der Waals surface area (Å²) in [7, 11) is 0. The van der Waals surface area contributed by atoms with Crippen LogP contribution in [0.15, 0.2) is 36.4 Å². The first-order valence-corrected chi connectivity index (χ1v) is 8.11. The second-order valence-electron chi connectivity index (χ2n) is 6.42. The zero-order valence-electron chi connectivity index (χ0n) is 12.8. The van der Waals surface area contributed by atoms with Gasteiger partial charge in [0.25, 0.3) is 0 Å². The number of nitrogens with one attached hydrogen (secondary N) is 2. The molecule has 4 rings (SSSR count). The fraction of sp³-hybridized carbons (Fsp3) is 0.368. The highest BCUT2D eigenvalue weighted by molar-refractivity contribution is 5.78. The van der Waals surface area contributed by atoms with Crippen molar-refractivity contribution in [3.8, 4) is 11.1 Å². The third kappa shape index (κ3) is 2.20. The van der Waals surface area contributed by atoms with Gasteiger partial charge in [-0.3, -0.25) is 0 Å². The van der Waals surface area contributed by atoms with Crippen LogP contribution in [0.25, 0.3) is 11.1 Å². The zero-order chi connectivity index (χ0) is 15.1. The lowest BCUT2D eigenvalue weighted by Gasteiger charge is -2.18. The lowest BCUT2D eigenvalue weighted by atomic mass is 9.85. The van der Waals surface area contributed by atoms with Gasteiger partial charge in [0.15, 0.2) is 0 Å². The smallest absolute Gasteiger partial charge is 0.126 e. The third-order valence-corrected chi connectivity index (χ3v) is 5.04. The molecule has 0 aliphatic carbocycles. The van der Waals surface area contributed by atoms with Gasteiger partial charge in [-0.2, -0.15) is 0 Å². The minimum atomic E-state index is -0.133. The van der Waals surface area contributed by atoms with E-state index in [1.807, 2.05) is 19.1 Å². The van der Waals surface area contributed by atoms with E-state index in [2.05, 4.69) is 28.8 Å². The molecular formula is C19H21FN2. The molecule has 0 aromatic heterocycles. The maximum Gasteiger partial charge on any atom is 0.126 e. The van der Waals surface area contributed by atoms with E-state index in [0.29, 0.717) is 17.5 Å². The summed E-state index contributed by atoms with van der Waals surface area (Å²) >= 11 is 0. The number of aryl methyl sites for hydroxylation is 1. The van der Waals surface area contributed by atoms with E-state index in [1.54, 1.807) is 6.07 Å². The Labute approximate surface area is 130 Å². The van der Waals surface area contributed by atoms with Crippen molar-refractivity contribution in [3.63, 3.8) is 0 Å². The number of hydrogen-bond acceptors (Lipinski definition) is 2. The molecule has 0 radical (unpaired) electrons. The van der Waals surface area contributed by atoms with Gasteiger partial charge in [0.1, 0.15) is 5.82 Å². The fourth-order valence-corrected chi connectivity index (χ4v) is 3.92. The molecule has 2 heterocycles. The van der Waals surface area contributed by atoms with E-state index in [4.69, 9.17) is 0 Å². The molecule has 2 aliphatic rings. The van der Waals surface area contributed by atoms with Gasteiger partial charge in [-0.15, -0.1) is 0 Å². The molecule has 2 unspecified atom stereocenters. The standard InChI is InChI=1S/C19H21FN2/c1-12-11-13(5-6-16(12)20)14-3-2-4-18-19(14)15-7-9-21-10-8-17(15)22-18/h2-6,11,15,17,21-22H,7-10H2,1H3. The minimum absolute atomic E-state index is 0.133. The summed E-state index contributed by atoms with van der Waals surface area (Å²) in [6.07, 6.45) is 2.31. The Kier molecular flexibility index (Phi) is 3.38. The van der Waals surface area contributed by atoms with Crippen molar-refractivity contribution in [2.75, 3.05) is 18.4 Å². The summed E-state index contributed by atoms with van der Waals surface area (Å²) in [5.74, 6) is 0.414. The number of rotatable bonds is 1. The van der Waals surface area contributed by atoms with Crippen molar-refractivity contribution in [3.05, 3.63) is 53.3 Å². The van der Waals surface area contributed by atoms with Crippen molar-refractivity contribution < 1.29 is 4.39 Å². The Hall–Kier alpha value is -1.87. The molecule has 3 heteroatoms. The van der Waals surface area contributed by atoms with Crippen LogP contribution in [0.4, 0.5) is 10.1 Å². The molecule has 2 aliphatic heterocycles. The van der Waals surface area contributed by atoms with Crippen LogP contribution in [0.1, 0.15) is 29.9 Å². The Morgan fingerprint density at radius 3 is 2.82 bits per heavy atom. The molecule has 1 saturated heterocycles. The molecule has 2 nitrogen and oxygen atoms in total. The van der Waals surface area contributed by atoms with Crippen molar-refractivity contribution in [2.45, 2.75) is 31.7 Å². The lowest BCUT2D eigenvalue weighted by Crippen LogP contribution is -2.21. The van der Waals surface area contributed by atoms with Gasteiger partial charge in [0, 0.05) is 17.6 Å². The molecular weight excluding hydrogens is 275 g/mol. The summed E-state index contributed by atoms with van der Waals surface area (Å²) < 4.78 is 13.6. The highest BCUT2D eigenvalue weighted by atomic mass is 19.1. The third-order valence-electron chi connectivity index (χ3n) is 5.04. The molecule has 2 atom stereocenters. The minimum Gasteiger partial charge on any atom is -0.381 e. The van der Waals surface area contributed by atoms with Gasteiger partial charge in [0.05, 0.1) is 0 Å². The van der Waals surface area contributed by atoms with Crippen LogP contribution in [0.2, 0.25) is 0 Å². The SMILES string of the molecule is Cc1cc(-c2cccc3c2C2CCNCCC2N3)ccc1F. The number of hydrogen-bond donors (Lipinski definition) is 2. The predicted molar refractivity (Wildman–Crippen MR) is 88.8 cm³/mol. The molecule has 0 saturated carbocycles. The van der Waals surface area contributed by atoms with Crippen molar-refractivity contribution in [1.29, 1.82) is 0 Å². The van der Waals surface area contributed by atoms with Crippen LogP contribution in [-0.2, 0) is 0 Å². The molecule has 1 fully saturated rings. The van der Waals surface area contributed by atoms with E-state index < -0.39 is 0 Å². The Bertz CT molecular complexity index is 711. The van der Waals surface area contributed by atoms with Gasteiger partial charge in [-0.25, -0.2) is 4.39 Å². The van der Waals surface area contributed by atoms with Crippen LogP contribution in [-0.4, -0.2) is 19.1 Å². The monoisotopic (exact) mass is 296 g/mol. The van der Waals surface area contributed by atoms with Gasteiger partial charge in [0.2, 0.25) is 0 Å². The molecule has 0 amide bonds. The first kappa shape index (κ1) is 13.8. The van der Waals surface area contributed by atoms with Crippen LogP contribution >= 0.6 is 0 Å². The van der Waals surface area contributed by atoms with Crippen molar-refractivity contribution >= 4 is 5.69 Å². The van der Waals surface area contributed by atoms with Crippen LogP contribution < -0.4 is 10.6 Å². The summed E-state index contributed by atoms with van der Waals surface area (Å²) in [6, 6.07) is 12.4. The second kappa shape index (κ2) is 5.40. The van der Waals surface area contributed by atoms with E-state index >= 15 is 0 Å². The Morgan fingerprint density at radius 1 is 1.09 bits per heavy atom. The molecule has 22 heavy (non-hydrogen) atoms. The van der Waals surface area contributed by atoms with Gasteiger partial charge in [-0.1, -0.05) is 18.2 Å². The maximum atomic E-state index is 13.6. The summed E-state index contributed by atoms with van der Waals surface area (Å²) in [4.78, 5) is 0. The van der Waals surface area contributed by atoms with Gasteiger partial charge < -0.3 is 10.6 Å². The predicted octanol–water partition coefficient (Wildman–Crippen LogP) is 4.06. The molecule has 0 bridgehead atoms. The van der Waals surface area contributed by atoms with E-state index in [0.717, 1.165) is 31.5 Å². The molecule has 0 spiro atoms. The molecule has 2 aromatic rings. The summed E-state index contributed by atoms with van der Waals surface area (Å²) in [6.45, 7) is 3.98. The largest absolute Gasteiger partial charge is 0.381 e. The average Bonchev–Trinajstić information content (AvgIpc) is 2.72. The molecule has 2 aromatic carbocycles. The Morgan fingerprint density at radius 2 is 1.95 bits per heavy atom. The number of halogens is 1. The van der Waals surface area contributed by atoms with Crippen LogP contribution in [0.5, 0.6) is 0 Å². The van der Waals surface area contributed by atoms with E-state index in [9.17, 15) is 4.39 Å². The van der Waals surface area contributed by atoms with E-state index in [-0.39, 0.29) is 5.82 Å². The number of benzene rings is 2. The first-order valence-electron chi connectivity index (χ1n) is 8.11.